The molecule has 3 fully saturated rings. The fraction of sp³-hybridized carbons (Fsp3) is 0.941. The van der Waals surface area contributed by atoms with Gasteiger partial charge in [-0.15, -0.1) is 0 Å². The van der Waals surface area contributed by atoms with Crippen LogP contribution in [0.1, 0.15) is 32.1 Å². The van der Waals surface area contributed by atoms with Crippen LogP contribution in [0.25, 0.3) is 0 Å². The molecule has 1 aliphatic carbocycles. The van der Waals surface area contributed by atoms with Gasteiger partial charge in [0.25, 0.3) is 0 Å². The summed E-state index contributed by atoms with van der Waals surface area (Å²) in [7, 11) is 5.35. The summed E-state index contributed by atoms with van der Waals surface area (Å²) in [6.07, 6.45) is 6.25. The lowest BCUT2D eigenvalue weighted by Gasteiger charge is -2.41. The van der Waals surface area contributed by atoms with E-state index in [4.69, 9.17) is 9.47 Å². The molecule has 3 rings (SSSR count). The van der Waals surface area contributed by atoms with Gasteiger partial charge in [-0.1, -0.05) is 0 Å². The highest BCUT2D eigenvalue weighted by Crippen LogP contribution is 2.30. The van der Waals surface area contributed by atoms with Crippen LogP contribution in [0.2, 0.25) is 0 Å². The van der Waals surface area contributed by atoms with Crippen molar-refractivity contribution >= 4 is 5.97 Å². The summed E-state index contributed by atoms with van der Waals surface area (Å²) in [5.41, 5.74) is 0. The first-order valence-electron chi connectivity index (χ1n) is 8.90. The van der Waals surface area contributed by atoms with Gasteiger partial charge in [0, 0.05) is 39.0 Å². The third kappa shape index (κ3) is 3.71. The number of nitrogens with zero attached hydrogens (tertiary/aromatic N) is 2. The maximum atomic E-state index is 11.9. The van der Waals surface area contributed by atoms with Crippen LogP contribution in [0, 0.1) is 5.92 Å². The summed E-state index contributed by atoms with van der Waals surface area (Å²) < 4.78 is 10.4. The fourth-order valence-corrected chi connectivity index (χ4v) is 4.56. The van der Waals surface area contributed by atoms with Crippen molar-refractivity contribution in [3.63, 3.8) is 0 Å². The molecule has 23 heavy (non-hydrogen) atoms. The van der Waals surface area contributed by atoms with Gasteiger partial charge < -0.3 is 9.47 Å². The van der Waals surface area contributed by atoms with Crippen molar-refractivity contribution in [1.82, 2.24) is 15.1 Å². The van der Waals surface area contributed by atoms with Crippen LogP contribution >= 0.6 is 0 Å². The van der Waals surface area contributed by atoms with Crippen molar-refractivity contribution in [2.24, 2.45) is 5.92 Å². The molecule has 2 heterocycles. The Kier molecular flexibility index (Phi) is 5.57. The second kappa shape index (κ2) is 7.47. The molecule has 0 bridgehead atoms. The lowest BCUT2D eigenvalue weighted by atomic mass is 9.86. The quantitative estimate of drug-likeness (QED) is 0.767. The van der Waals surface area contributed by atoms with Crippen molar-refractivity contribution < 1.29 is 14.3 Å². The summed E-state index contributed by atoms with van der Waals surface area (Å²) in [5, 5.41) is 3.61. The van der Waals surface area contributed by atoms with E-state index in [1.807, 2.05) is 14.2 Å². The summed E-state index contributed by atoms with van der Waals surface area (Å²) >= 11 is 0. The third-order valence-corrected chi connectivity index (χ3v) is 6.07. The van der Waals surface area contributed by atoms with E-state index >= 15 is 0 Å². The van der Waals surface area contributed by atoms with Crippen LogP contribution < -0.4 is 5.32 Å². The van der Waals surface area contributed by atoms with E-state index in [9.17, 15) is 4.79 Å². The molecule has 2 aliphatic heterocycles. The van der Waals surface area contributed by atoms with Crippen LogP contribution in [0.15, 0.2) is 0 Å². The van der Waals surface area contributed by atoms with E-state index in [-0.39, 0.29) is 12.0 Å². The zero-order chi connectivity index (χ0) is 16.4. The number of fused-ring (bicyclic) bond motifs is 1. The first-order valence-corrected chi connectivity index (χ1v) is 8.90. The highest BCUT2D eigenvalue weighted by atomic mass is 16.5. The van der Waals surface area contributed by atoms with E-state index in [1.165, 1.54) is 39.3 Å². The number of ether oxygens (including phenoxy) is 2. The average Bonchev–Trinajstić information content (AvgIpc) is 2.96. The molecule has 6 nitrogen and oxygen atoms in total. The van der Waals surface area contributed by atoms with Crippen molar-refractivity contribution in [2.75, 3.05) is 41.0 Å². The number of rotatable bonds is 4. The molecule has 2 saturated heterocycles. The van der Waals surface area contributed by atoms with Gasteiger partial charge in [-0.25, -0.2) is 0 Å². The SMILES string of the molecule is COC(=O)[C@@H]1CC2NCN(CC3CCC(OC)CC3)C2CN1C. The van der Waals surface area contributed by atoms with Gasteiger partial charge in [0.1, 0.15) is 6.04 Å². The normalized spacial score (nSPS) is 39.2. The standard InChI is InChI=1S/C17H31N3O3/c1-19-10-16-14(8-15(19)17(21)23-3)18-11-20(16)9-12-4-6-13(22-2)7-5-12/h12-16,18H,4-11H2,1-3H3/t12?,13?,14?,15-,16?/m0/s1. The average molecular weight is 325 g/mol. The van der Waals surface area contributed by atoms with E-state index in [2.05, 4.69) is 15.1 Å². The number of esters is 1. The van der Waals surface area contributed by atoms with Crippen LogP contribution in [-0.4, -0.2) is 81.0 Å². The molecule has 1 saturated carbocycles. The van der Waals surface area contributed by atoms with Gasteiger partial charge in [0.15, 0.2) is 0 Å². The Balaban J connectivity index is 1.53. The van der Waals surface area contributed by atoms with Gasteiger partial charge in [-0.05, 0) is 45.1 Å². The lowest BCUT2D eigenvalue weighted by Crippen LogP contribution is -2.57. The fourth-order valence-electron chi connectivity index (χ4n) is 4.56. The molecular formula is C17H31N3O3. The van der Waals surface area contributed by atoms with Crippen LogP contribution in [-0.2, 0) is 14.3 Å². The minimum atomic E-state index is -0.107. The number of hydrogen-bond donors (Lipinski definition) is 1. The van der Waals surface area contributed by atoms with Crippen LogP contribution in [0.4, 0.5) is 0 Å². The lowest BCUT2D eigenvalue weighted by molar-refractivity contribution is -0.148. The molecular weight excluding hydrogens is 294 g/mol. The Morgan fingerprint density at radius 3 is 2.61 bits per heavy atom. The molecule has 132 valence electrons. The Bertz CT molecular complexity index is 412. The smallest absolute Gasteiger partial charge is 0.323 e. The van der Waals surface area contributed by atoms with Gasteiger partial charge in [-0.3, -0.25) is 19.9 Å². The van der Waals surface area contributed by atoms with Crippen molar-refractivity contribution in [1.29, 1.82) is 0 Å². The summed E-state index contributed by atoms with van der Waals surface area (Å²) in [6.45, 7) is 3.05. The monoisotopic (exact) mass is 325 g/mol. The van der Waals surface area contributed by atoms with Gasteiger partial charge >= 0.3 is 5.97 Å². The molecule has 0 aromatic carbocycles. The minimum Gasteiger partial charge on any atom is -0.468 e. The number of hydrogen-bond acceptors (Lipinski definition) is 6. The summed E-state index contributed by atoms with van der Waals surface area (Å²) in [4.78, 5) is 16.7. The maximum absolute atomic E-state index is 11.9. The van der Waals surface area contributed by atoms with Gasteiger partial charge in [0.05, 0.1) is 13.2 Å². The van der Waals surface area contributed by atoms with Gasteiger partial charge in [-0.2, -0.15) is 0 Å². The Morgan fingerprint density at radius 1 is 1.22 bits per heavy atom. The zero-order valence-corrected chi connectivity index (χ0v) is 14.7. The van der Waals surface area contributed by atoms with Crippen LogP contribution in [0.3, 0.4) is 0 Å². The zero-order valence-electron chi connectivity index (χ0n) is 14.7. The number of piperidine rings is 1. The summed E-state index contributed by atoms with van der Waals surface area (Å²) in [6, 6.07) is 0.817. The topological polar surface area (TPSA) is 54.0 Å². The molecule has 3 aliphatic rings. The van der Waals surface area contributed by atoms with Gasteiger partial charge in [0.2, 0.25) is 0 Å². The number of methoxy groups -OCH3 is 2. The molecule has 0 amide bonds. The van der Waals surface area contributed by atoms with Crippen LogP contribution in [0.5, 0.6) is 0 Å². The Hall–Kier alpha value is -0.690. The largest absolute Gasteiger partial charge is 0.468 e. The van der Waals surface area contributed by atoms with E-state index in [0.29, 0.717) is 18.2 Å². The predicted octanol–water partition coefficient (Wildman–Crippen LogP) is 0.669. The van der Waals surface area contributed by atoms with E-state index in [1.54, 1.807) is 0 Å². The maximum Gasteiger partial charge on any atom is 0.323 e. The Labute approximate surface area is 139 Å². The number of nitrogens with one attached hydrogen (secondary N) is 1. The molecule has 6 heteroatoms. The van der Waals surface area contributed by atoms with E-state index < -0.39 is 0 Å². The predicted molar refractivity (Wildman–Crippen MR) is 88.1 cm³/mol. The number of carbonyl (C=O) groups excluding carboxylic acids is 1. The number of likely N-dealkylation sites (N-methyl/N-ethyl adjacent to an activating group) is 1. The number of carbonyl (C=O) groups is 1. The first-order chi connectivity index (χ1) is 11.1. The second-order valence-corrected chi connectivity index (χ2v) is 7.40. The minimum absolute atomic E-state index is 0.106. The second-order valence-electron chi connectivity index (χ2n) is 7.40. The molecule has 1 N–H and O–H groups in total. The van der Waals surface area contributed by atoms with Crippen molar-refractivity contribution in [3.8, 4) is 0 Å². The number of likely N-dealkylation sites (tertiary alicyclic amines) is 1. The Morgan fingerprint density at radius 2 is 1.96 bits per heavy atom. The molecule has 0 aromatic heterocycles. The molecule has 2 unspecified atom stereocenters. The molecule has 0 radical (unpaired) electrons. The highest BCUT2D eigenvalue weighted by molar-refractivity contribution is 5.75. The first kappa shape index (κ1) is 17.1. The van der Waals surface area contributed by atoms with Crippen molar-refractivity contribution in [3.05, 3.63) is 0 Å². The third-order valence-electron chi connectivity index (χ3n) is 6.07. The van der Waals surface area contributed by atoms with Crippen molar-refractivity contribution in [2.45, 2.75) is 56.3 Å². The summed E-state index contributed by atoms with van der Waals surface area (Å²) in [5.74, 6) is 0.676. The molecule has 0 aromatic rings. The molecule has 3 atom stereocenters. The molecule has 0 spiro atoms. The van der Waals surface area contributed by atoms with E-state index in [0.717, 1.165) is 25.6 Å². The highest BCUT2D eigenvalue weighted by Gasteiger charge is 2.44.